The van der Waals surface area contributed by atoms with Gasteiger partial charge in [-0.3, -0.25) is 4.90 Å². The molecule has 1 N–H and O–H groups in total. The zero-order valence-corrected chi connectivity index (χ0v) is 19.0. The number of hydrogen-bond donors (Lipinski definition) is 1. The minimum Gasteiger partial charge on any atom is -0.297 e. The SMILES string of the molecule is Cc1ccc(C(F)(F)F)cc1S(=O)(=O)NC1CCN(Cc2ccc(-c3ccccc3)cc2)C1. The monoisotopic (exact) mass is 474 g/mol. The number of likely N-dealkylation sites (tertiary alicyclic amines) is 1. The van der Waals surface area contributed by atoms with Crippen molar-refractivity contribution in [3.8, 4) is 11.1 Å². The first-order valence-corrected chi connectivity index (χ1v) is 12.2. The van der Waals surface area contributed by atoms with Crippen molar-refractivity contribution in [2.24, 2.45) is 0 Å². The zero-order chi connectivity index (χ0) is 23.6. The minimum atomic E-state index is -4.60. The van der Waals surface area contributed by atoms with E-state index in [4.69, 9.17) is 0 Å². The fraction of sp³-hybridized carbons (Fsp3) is 0.280. The number of benzene rings is 3. The molecule has 1 unspecified atom stereocenters. The van der Waals surface area contributed by atoms with E-state index in [1.54, 1.807) is 0 Å². The summed E-state index contributed by atoms with van der Waals surface area (Å²) in [6, 6.07) is 20.8. The van der Waals surface area contributed by atoms with Gasteiger partial charge in [-0.2, -0.15) is 13.2 Å². The number of nitrogens with one attached hydrogen (secondary N) is 1. The first kappa shape index (κ1) is 23.5. The normalized spacial score (nSPS) is 17.4. The third-order valence-electron chi connectivity index (χ3n) is 5.87. The molecule has 1 fully saturated rings. The van der Waals surface area contributed by atoms with Gasteiger partial charge in [-0.05, 0) is 47.7 Å². The number of hydrogen-bond acceptors (Lipinski definition) is 3. The van der Waals surface area contributed by atoms with Crippen LogP contribution >= 0.6 is 0 Å². The highest BCUT2D eigenvalue weighted by atomic mass is 32.2. The van der Waals surface area contributed by atoms with Crippen LogP contribution in [0.3, 0.4) is 0 Å². The molecule has 0 saturated carbocycles. The second-order valence-electron chi connectivity index (χ2n) is 8.38. The van der Waals surface area contributed by atoms with Gasteiger partial charge in [0.1, 0.15) is 0 Å². The lowest BCUT2D eigenvalue weighted by atomic mass is 10.0. The summed E-state index contributed by atoms with van der Waals surface area (Å²) in [5, 5.41) is 0. The molecule has 1 heterocycles. The highest BCUT2D eigenvalue weighted by molar-refractivity contribution is 7.89. The molecule has 33 heavy (non-hydrogen) atoms. The molecule has 4 rings (SSSR count). The van der Waals surface area contributed by atoms with Crippen LogP contribution in [0.2, 0.25) is 0 Å². The Labute approximate surface area is 192 Å². The summed E-state index contributed by atoms with van der Waals surface area (Å²) in [5.41, 5.74) is 2.70. The average molecular weight is 475 g/mol. The molecule has 1 saturated heterocycles. The van der Waals surface area contributed by atoms with Gasteiger partial charge < -0.3 is 0 Å². The highest BCUT2D eigenvalue weighted by Crippen LogP contribution is 2.32. The van der Waals surface area contributed by atoms with Gasteiger partial charge in [0.15, 0.2) is 0 Å². The van der Waals surface area contributed by atoms with E-state index in [0.717, 1.165) is 22.8 Å². The van der Waals surface area contributed by atoms with E-state index >= 15 is 0 Å². The van der Waals surface area contributed by atoms with E-state index in [9.17, 15) is 21.6 Å². The van der Waals surface area contributed by atoms with Crippen LogP contribution in [0.4, 0.5) is 13.2 Å². The summed E-state index contributed by atoms with van der Waals surface area (Å²) in [7, 11) is -4.07. The maximum Gasteiger partial charge on any atom is 0.416 e. The lowest BCUT2D eigenvalue weighted by Crippen LogP contribution is -2.37. The lowest BCUT2D eigenvalue weighted by molar-refractivity contribution is -0.137. The maximum absolute atomic E-state index is 13.1. The number of halogens is 3. The Kier molecular flexibility index (Phi) is 6.61. The molecular weight excluding hydrogens is 449 g/mol. The van der Waals surface area contributed by atoms with Gasteiger partial charge in [0, 0.05) is 25.7 Å². The van der Waals surface area contributed by atoms with Gasteiger partial charge in [-0.25, -0.2) is 13.1 Å². The average Bonchev–Trinajstić information content (AvgIpc) is 3.20. The summed E-state index contributed by atoms with van der Waals surface area (Å²) in [6.07, 6.45) is -4.00. The first-order valence-electron chi connectivity index (χ1n) is 10.7. The molecule has 0 aromatic heterocycles. The molecule has 1 atom stereocenters. The summed E-state index contributed by atoms with van der Waals surface area (Å²) in [6.45, 7) is 3.37. The number of alkyl halides is 3. The van der Waals surface area contributed by atoms with E-state index in [1.165, 1.54) is 13.0 Å². The Morgan fingerprint density at radius 1 is 0.970 bits per heavy atom. The van der Waals surface area contributed by atoms with Crippen molar-refractivity contribution in [3.05, 3.63) is 89.5 Å². The van der Waals surface area contributed by atoms with Crippen LogP contribution in [-0.2, 0) is 22.7 Å². The fourth-order valence-electron chi connectivity index (χ4n) is 4.11. The molecule has 4 nitrogen and oxygen atoms in total. The van der Waals surface area contributed by atoms with Crippen LogP contribution in [0.15, 0.2) is 77.7 Å². The van der Waals surface area contributed by atoms with E-state index in [-0.39, 0.29) is 16.5 Å². The van der Waals surface area contributed by atoms with Gasteiger partial charge in [0.2, 0.25) is 10.0 Å². The van der Waals surface area contributed by atoms with Crippen LogP contribution in [0.5, 0.6) is 0 Å². The van der Waals surface area contributed by atoms with E-state index in [0.29, 0.717) is 32.1 Å². The molecule has 3 aromatic carbocycles. The minimum absolute atomic E-state index is 0.281. The van der Waals surface area contributed by atoms with Crippen molar-refractivity contribution in [2.45, 2.75) is 37.0 Å². The number of sulfonamides is 1. The second-order valence-corrected chi connectivity index (χ2v) is 10.1. The van der Waals surface area contributed by atoms with Crippen molar-refractivity contribution < 1.29 is 21.6 Å². The van der Waals surface area contributed by atoms with Crippen molar-refractivity contribution in [2.75, 3.05) is 13.1 Å². The Morgan fingerprint density at radius 2 is 1.64 bits per heavy atom. The third kappa shape index (κ3) is 5.63. The Balaban J connectivity index is 1.39. The number of nitrogens with zero attached hydrogens (tertiary/aromatic N) is 1. The summed E-state index contributed by atoms with van der Waals surface area (Å²) >= 11 is 0. The van der Waals surface area contributed by atoms with Gasteiger partial charge >= 0.3 is 6.18 Å². The Morgan fingerprint density at radius 3 is 2.30 bits per heavy atom. The maximum atomic E-state index is 13.1. The quantitative estimate of drug-likeness (QED) is 0.532. The van der Waals surface area contributed by atoms with Crippen LogP contribution in [-0.4, -0.2) is 32.4 Å². The lowest BCUT2D eigenvalue weighted by Gasteiger charge is -2.18. The smallest absolute Gasteiger partial charge is 0.297 e. The molecule has 1 aliphatic rings. The predicted octanol–water partition coefficient (Wildman–Crippen LogP) is 5.23. The molecule has 0 radical (unpaired) electrons. The van der Waals surface area contributed by atoms with Crippen molar-refractivity contribution in [3.63, 3.8) is 0 Å². The van der Waals surface area contributed by atoms with Crippen LogP contribution in [0, 0.1) is 6.92 Å². The summed E-state index contributed by atoms with van der Waals surface area (Å²) < 4.78 is 67.4. The van der Waals surface area contributed by atoms with Crippen molar-refractivity contribution >= 4 is 10.0 Å². The summed E-state index contributed by atoms with van der Waals surface area (Å²) in [4.78, 5) is 1.82. The van der Waals surface area contributed by atoms with E-state index in [2.05, 4.69) is 46.0 Å². The molecule has 1 aliphatic heterocycles. The zero-order valence-electron chi connectivity index (χ0n) is 18.1. The molecule has 3 aromatic rings. The topological polar surface area (TPSA) is 49.4 Å². The van der Waals surface area contributed by atoms with Gasteiger partial charge in [0.25, 0.3) is 0 Å². The van der Waals surface area contributed by atoms with Crippen LogP contribution in [0.1, 0.15) is 23.1 Å². The molecule has 0 spiro atoms. The first-order chi connectivity index (χ1) is 15.6. The van der Waals surface area contributed by atoms with Crippen molar-refractivity contribution in [1.82, 2.24) is 9.62 Å². The molecule has 0 amide bonds. The Hall–Kier alpha value is -2.68. The second kappa shape index (κ2) is 9.29. The third-order valence-corrected chi connectivity index (χ3v) is 7.53. The van der Waals surface area contributed by atoms with Crippen LogP contribution < -0.4 is 4.72 Å². The predicted molar refractivity (Wildman–Crippen MR) is 122 cm³/mol. The molecule has 0 aliphatic carbocycles. The fourth-order valence-corrected chi connectivity index (χ4v) is 5.64. The molecule has 174 valence electrons. The van der Waals surface area contributed by atoms with Gasteiger partial charge in [-0.1, -0.05) is 60.7 Å². The molecule has 0 bridgehead atoms. The number of rotatable bonds is 6. The van der Waals surface area contributed by atoms with Crippen LogP contribution in [0.25, 0.3) is 11.1 Å². The standard InChI is InChI=1S/C25H25F3N2O2S/c1-18-7-12-22(25(26,27)28)15-24(18)33(31,32)29-23-13-14-30(17-23)16-19-8-10-21(11-9-19)20-5-3-2-4-6-20/h2-12,15,23,29H,13-14,16-17H2,1H3. The van der Waals surface area contributed by atoms with E-state index in [1.807, 2.05) is 18.2 Å². The van der Waals surface area contributed by atoms with E-state index < -0.39 is 21.8 Å². The van der Waals surface area contributed by atoms with Gasteiger partial charge in [0.05, 0.1) is 10.5 Å². The summed E-state index contributed by atoms with van der Waals surface area (Å²) in [5.74, 6) is 0. The highest BCUT2D eigenvalue weighted by Gasteiger charge is 2.33. The number of aryl methyl sites for hydroxylation is 1. The largest absolute Gasteiger partial charge is 0.416 e. The molecular formula is C25H25F3N2O2S. The van der Waals surface area contributed by atoms with Gasteiger partial charge in [-0.15, -0.1) is 0 Å². The van der Waals surface area contributed by atoms with Crippen molar-refractivity contribution in [1.29, 1.82) is 0 Å². The Bertz CT molecular complexity index is 1210. The molecule has 8 heteroatoms.